The van der Waals surface area contributed by atoms with Gasteiger partial charge < -0.3 is 10.2 Å². The molecule has 14 heteroatoms. The lowest BCUT2D eigenvalue weighted by Gasteiger charge is -2.32. The maximum Gasteiger partial charge on any atom is 0.255 e. The molecule has 294 valence electrons. The van der Waals surface area contributed by atoms with E-state index >= 15 is 0 Å². The Morgan fingerprint density at radius 1 is 0.983 bits per heavy atom. The van der Waals surface area contributed by atoms with E-state index in [1.165, 1.54) is 0 Å². The predicted octanol–water partition coefficient (Wildman–Crippen LogP) is 6.39. The molecule has 3 aromatic heterocycles. The third kappa shape index (κ3) is 7.21. The fourth-order valence-electron chi connectivity index (χ4n) is 8.42. The number of nitrogens with zero attached hydrogens (tertiary/aromatic N) is 7. The third-order valence-corrected chi connectivity index (χ3v) is 13.1. The van der Waals surface area contributed by atoms with E-state index in [-0.39, 0.29) is 24.3 Å². The van der Waals surface area contributed by atoms with Gasteiger partial charge in [0.15, 0.2) is 5.82 Å². The number of aromatic nitrogens is 4. The quantitative estimate of drug-likeness (QED) is 0.143. The van der Waals surface area contributed by atoms with Gasteiger partial charge in [-0.15, -0.1) is 21.5 Å². The lowest BCUT2D eigenvalue weighted by Crippen LogP contribution is -2.52. The summed E-state index contributed by atoms with van der Waals surface area (Å²) in [7, 11) is 0. The van der Waals surface area contributed by atoms with Crippen LogP contribution in [-0.4, -0.2) is 78.7 Å². The number of amides is 3. The Bertz CT molecular complexity index is 2540. The van der Waals surface area contributed by atoms with Crippen molar-refractivity contribution < 1.29 is 14.4 Å². The normalized spacial score (nSPS) is 19.4. The van der Waals surface area contributed by atoms with E-state index in [9.17, 15) is 14.4 Å². The average Bonchev–Trinajstić information content (AvgIpc) is 3.85. The summed E-state index contributed by atoms with van der Waals surface area (Å²) in [6.07, 6.45) is 4.65. The summed E-state index contributed by atoms with van der Waals surface area (Å²) < 4.78 is 2.11. The number of fused-ring (bicyclic) bond motifs is 4. The van der Waals surface area contributed by atoms with Crippen LogP contribution < -0.4 is 10.6 Å². The van der Waals surface area contributed by atoms with Gasteiger partial charge in [0.05, 0.1) is 10.6 Å². The number of nitrogens with one attached hydrogen (secondary N) is 2. The van der Waals surface area contributed by atoms with E-state index in [1.807, 2.05) is 68.6 Å². The molecular weight excluding hydrogens is 770 g/mol. The van der Waals surface area contributed by atoms with Crippen molar-refractivity contribution in [1.29, 1.82) is 0 Å². The molecule has 0 spiro atoms. The molecule has 0 radical (unpaired) electrons. The number of likely N-dealkylation sites (tertiary alicyclic amines) is 1. The van der Waals surface area contributed by atoms with E-state index in [0.717, 1.165) is 99.8 Å². The topological polar surface area (TPSA) is 138 Å². The molecule has 2 aromatic carbocycles. The Hall–Kier alpha value is -5.68. The number of benzene rings is 2. The van der Waals surface area contributed by atoms with Crippen molar-refractivity contribution in [1.82, 2.24) is 34.9 Å². The van der Waals surface area contributed by atoms with Crippen molar-refractivity contribution in [2.45, 2.75) is 71.6 Å². The summed E-state index contributed by atoms with van der Waals surface area (Å²) in [5.41, 5.74) is 8.33. The Balaban J connectivity index is 0.822. The number of anilines is 1. The van der Waals surface area contributed by atoms with E-state index < -0.39 is 11.9 Å². The molecular formula is C44H42ClN9O3S. The highest BCUT2D eigenvalue weighted by molar-refractivity contribution is 7.15. The van der Waals surface area contributed by atoms with Crippen molar-refractivity contribution in [2.75, 3.05) is 25.0 Å². The van der Waals surface area contributed by atoms with Crippen LogP contribution in [0, 0.1) is 31.6 Å². The second-order valence-corrected chi connectivity index (χ2v) is 16.9. The standard InChI is InChI=1S/C44H42ClN9O3S/c1-25-37(58-44-39(25)40(30-8-10-31(45)11-9-30)48-26(2)41-51-50-27(3)54(41)44)15-13-32-12-7-29(22-46-32)23-52-19-17-28(18-20-52)21-47-35-6-4-5-33-34(35)24-53(43(33)57)36-14-16-38(55)49-42(36)56/h4-12,22,26,28,36,47H,14,16-21,23-24H2,1-3H3,(H,49,55,56)/t26-,36?/m0/s1. The number of imide groups is 1. The smallest absolute Gasteiger partial charge is 0.255 e. The number of aliphatic imine (C=N–C) groups is 1. The van der Waals surface area contributed by atoms with Crippen molar-refractivity contribution in [3.05, 3.63) is 121 Å². The molecule has 4 aliphatic rings. The molecule has 2 atom stereocenters. The molecule has 5 aromatic rings. The molecule has 7 heterocycles. The lowest BCUT2D eigenvalue weighted by atomic mass is 9.96. The molecule has 12 nitrogen and oxygen atoms in total. The van der Waals surface area contributed by atoms with Gasteiger partial charge >= 0.3 is 0 Å². The molecule has 9 rings (SSSR count). The zero-order chi connectivity index (χ0) is 40.1. The van der Waals surface area contributed by atoms with Crippen molar-refractivity contribution >= 4 is 52.1 Å². The van der Waals surface area contributed by atoms with Gasteiger partial charge in [0, 0.05) is 65.2 Å². The first-order valence-corrected chi connectivity index (χ1v) is 20.9. The Morgan fingerprint density at radius 3 is 2.55 bits per heavy atom. The summed E-state index contributed by atoms with van der Waals surface area (Å²) in [6.45, 7) is 10.1. The van der Waals surface area contributed by atoms with Crippen LogP contribution in [0.5, 0.6) is 0 Å². The van der Waals surface area contributed by atoms with Crippen molar-refractivity contribution in [3.63, 3.8) is 0 Å². The summed E-state index contributed by atoms with van der Waals surface area (Å²) in [5, 5.41) is 16.6. The Labute approximate surface area is 345 Å². The van der Waals surface area contributed by atoms with Crippen LogP contribution in [0.25, 0.3) is 5.00 Å². The third-order valence-electron chi connectivity index (χ3n) is 11.6. The number of pyridine rings is 1. The maximum atomic E-state index is 13.2. The summed E-state index contributed by atoms with van der Waals surface area (Å²) in [5.74, 6) is 8.02. The fourth-order valence-corrected chi connectivity index (χ4v) is 9.77. The summed E-state index contributed by atoms with van der Waals surface area (Å²) in [6, 6.07) is 16.8. The van der Waals surface area contributed by atoms with Crippen LogP contribution in [-0.2, 0) is 22.7 Å². The number of piperidine rings is 2. The Morgan fingerprint density at radius 2 is 1.79 bits per heavy atom. The highest BCUT2D eigenvalue weighted by Crippen LogP contribution is 2.39. The molecule has 2 fully saturated rings. The molecule has 58 heavy (non-hydrogen) atoms. The number of halogens is 1. The van der Waals surface area contributed by atoms with Gasteiger partial charge in [-0.1, -0.05) is 35.9 Å². The van der Waals surface area contributed by atoms with Gasteiger partial charge in [-0.3, -0.25) is 34.2 Å². The van der Waals surface area contributed by atoms with Gasteiger partial charge in [-0.05, 0) is 112 Å². The van der Waals surface area contributed by atoms with E-state index in [4.69, 9.17) is 21.6 Å². The first-order chi connectivity index (χ1) is 28.1. The van der Waals surface area contributed by atoms with E-state index in [2.05, 4.69) is 55.1 Å². The predicted molar refractivity (Wildman–Crippen MR) is 223 cm³/mol. The SMILES string of the molecule is Cc1c(C#Cc2ccc(CN3CCC(CNc4cccc5c4CN(C4CCC(=O)NC4=O)C5=O)CC3)cn2)sc2c1C(c1ccc(Cl)cc1)=N[C@@H](C)c1nnc(C)n1-2. The first kappa shape index (κ1) is 37.9. The minimum atomic E-state index is -0.620. The zero-order valence-electron chi connectivity index (χ0n) is 32.5. The van der Waals surface area contributed by atoms with Crippen LogP contribution in [0.4, 0.5) is 5.69 Å². The zero-order valence-corrected chi connectivity index (χ0v) is 34.1. The van der Waals surface area contributed by atoms with Crippen LogP contribution in [0.2, 0.25) is 5.02 Å². The molecule has 0 bridgehead atoms. The molecule has 4 aliphatic heterocycles. The fraction of sp³-hybridized carbons (Fsp3) is 0.341. The molecule has 2 saturated heterocycles. The number of carbonyl (C=O) groups excluding carboxylic acids is 3. The molecule has 0 saturated carbocycles. The monoisotopic (exact) mass is 811 g/mol. The first-order valence-electron chi connectivity index (χ1n) is 19.7. The van der Waals surface area contributed by atoms with Crippen molar-refractivity contribution in [2.24, 2.45) is 10.9 Å². The number of rotatable bonds is 7. The Kier molecular flexibility index (Phi) is 10.2. The average molecular weight is 812 g/mol. The summed E-state index contributed by atoms with van der Waals surface area (Å²) >= 11 is 7.87. The van der Waals surface area contributed by atoms with Crippen LogP contribution in [0.3, 0.4) is 0 Å². The molecule has 1 unspecified atom stereocenters. The maximum absolute atomic E-state index is 13.2. The summed E-state index contributed by atoms with van der Waals surface area (Å²) in [4.78, 5) is 52.3. The number of hydrogen-bond acceptors (Lipinski definition) is 10. The van der Waals surface area contributed by atoms with Gasteiger partial charge in [-0.25, -0.2) is 4.98 Å². The van der Waals surface area contributed by atoms with Crippen LogP contribution in [0.1, 0.15) is 99.0 Å². The lowest BCUT2D eigenvalue weighted by molar-refractivity contribution is -0.136. The van der Waals surface area contributed by atoms with Gasteiger partial charge in [0.25, 0.3) is 5.91 Å². The number of thiophene rings is 1. The molecule has 0 aliphatic carbocycles. The number of aryl methyl sites for hydroxylation is 1. The van der Waals surface area contributed by atoms with Crippen molar-refractivity contribution in [3.8, 4) is 16.8 Å². The number of carbonyl (C=O) groups is 3. The van der Waals surface area contributed by atoms with Gasteiger partial charge in [0.2, 0.25) is 11.8 Å². The highest BCUT2D eigenvalue weighted by atomic mass is 35.5. The van der Waals surface area contributed by atoms with Crippen LogP contribution in [0.15, 0.2) is 65.8 Å². The van der Waals surface area contributed by atoms with E-state index in [0.29, 0.717) is 35.2 Å². The molecule has 3 amide bonds. The molecule has 2 N–H and O–H groups in total. The highest BCUT2D eigenvalue weighted by Gasteiger charge is 2.40. The van der Waals surface area contributed by atoms with E-state index in [1.54, 1.807) is 16.2 Å². The van der Waals surface area contributed by atoms with Gasteiger partial charge in [-0.2, -0.15) is 0 Å². The van der Waals surface area contributed by atoms with Gasteiger partial charge in [0.1, 0.15) is 28.6 Å². The second-order valence-electron chi connectivity index (χ2n) is 15.5. The minimum Gasteiger partial charge on any atom is -0.384 e. The minimum absolute atomic E-state index is 0.154. The second kappa shape index (κ2) is 15.6. The van der Waals surface area contributed by atoms with Crippen LogP contribution >= 0.6 is 22.9 Å². The number of hydrogen-bond donors (Lipinski definition) is 2. The largest absolute Gasteiger partial charge is 0.384 e.